The van der Waals surface area contributed by atoms with Crippen LogP contribution < -0.4 is 16.5 Å². The van der Waals surface area contributed by atoms with E-state index in [0.29, 0.717) is 42.2 Å². The number of para-hydroxylation sites is 1. The molecular formula is C30H37N3O5Si. The van der Waals surface area contributed by atoms with Gasteiger partial charge in [-0.2, -0.15) is 0 Å². The van der Waals surface area contributed by atoms with Crippen LogP contribution in [0.4, 0.5) is 0 Å². The van der Waals surface area contributed by atoms with E-state index in [4.69, 9.17) is 20.2 Å². The van der Waals surface area contributed by atoms with E-state index in [1.54, 1.807) is 11.5 Å². The van der Waals surface area contributed by atoms with Crippen molar-refractivity contribution in [1.29, 1.82) is 0 Å². The Morgan fingerprint density at radius 3 is 2.67 bits per heavy atom. The Morgan fingerprint density at radius 2 is 1.97 bits per heavy atom. The summed E-state index contributed by atoms with van der Waals surface area (Å²) in [6, 6.07) is 11.1. The highest BCUT2D eigenvalue weighted by Gasteiger charge is 2.50. The molecule has 0 fully saturated rings. The molecule has 2 N–H and O–H groups in total. The quantitative estimate of drug-likeness (QED) is 0.263. The minimum absolute atomic E-state index is 0.0834. The number of benzene rings is 1. The molecule has 2 aliphatic heterocycles. The van der Waals surface area contributed by atoms with Gasteiger partial charge in [0.05, 0.1) is 37.1 Å². The first-order valence-corrected chi connectivity index (χ1v) is 17.0. The minimum atomic E-state index is -1.95. The van der Waals surface area contributed by atoms with Gasteiger partial charge in [0.2, 0.25) is 5.60 Å². The Hall–Kier alpha value is -3.30. The fourth-order valence-electron chi connectivity index (χ4n) is 6.57. The third-order valence-corrected chi connectivity index (χ3v) is 11.8. The first-order chi connectivity index (χ1) is 18.5. The van der Waals surface area contributed by atoms with Gasteiger partial charge in [-0.25, -0.2) is 9.78 Å². The maximum atomic E-state index is 14.0. The SMILES string of the molecule is CCC1(OC(=O)CCCN)C(=O)OCc2c1cc1n(c2=O)Cc2c-1nc1ccccc1c2[Si](C)(C)CC(C)C. The maximum Gasteiger partial charge on any atom is 0.355 e. The third kappa shape index (κ3) is 4.41. The molecule has 0 amide bonds. The number of esters is 2. The maximum absolute atomic E-state index is 14.0. The molecule has 9 heteroatoms. The predicted octanol–water partition coefficient (Wildman–Crippen LogP) is 3.94. The largest absolute Gasteiger partial charge is 0.457 e. The van der Waals surface area contributed by atoms with Crippen LogP contribution in [0.2, 0.25) is 19.1 Å². The Labute approximate surface area is 229 Å². The average molecular weight is 548 g/mol. The summed E-state index contributed by atoms with van der Waals surface area (Å²) in [5.74, 6) is -0.657. The lowest BCUT2D eigenvalue weighted by molar-refractivity contribution is -0.189. The monoisotopic (exact) mass is 547 g/mol. The number of aromatic nitrogens is 2. The molecule has 0 radical (unpaired) electrons. The van der Waals surface area contributed by atoms with Gasteiger partial charge in [0.1, 0.15) is 6.61 Å². The van der Waals surface area contributed by atoms with Crippen LogP contribution in [0.5, 0.6) is 0 Å². The van der Waals surface area contributed by atoms with Gasteiger partial charge in [-0.1, -0.05) is 58.1 Å². The van der Waals surface area contributed by atoms with Crippen molar-refractivity contribution in [2.45, 2.75) is 77.9 Å². The number of nitrogens with zero attached hydrogens (tertiary/aromatic N) is 2. The highest BCUT2D eigenvalue weighted by molar-refractivity contribution is 6.91. The number of carbonyl (C=O) groups excluding carboxylic acids is 2. The van der Waals surface area contributed by atoms with Crippen molar-refractivity contribution in [2.24, 2.45) is 11.7 Å². The van der Waals surface area contributed by atoms with Crippen molar-refractivity contribution in [2.75, 3.05) is 6.54 Å². The Balaban J connectivity index is 1.75. The van der Waals surface area contributed by atoms with E-state index in [0.717, 1.165) is 28.2 Å². The normalized spacial score (nSPS) is 18.1. The van der Waals surface area contributed by atoms with Crippen molar-refractivity contribution < 1.29 is 19.1 Å². The van der Waals surface area contributed by atoms with Gasteiger partial charge in [-0.05, 0) is 53.6 Å². The predicted molar refractivity (Wildman–Crippen MR) is 153 cm³/mol. The molecule has 39 heavy (non-hydrogen) atoms. The minimum Gasteiger partial charge on any atom is -0.457 e. The van der Waals surface area contributed by atoms with E-state index in [2.05, 4.69) is 33.0 Å². The number of hydrogen-bond donors (Lipinski definition) is 1. The molecule has 1 unspecified atom stereocenters. The van der Waals surface area contributed by atoms with E-state index in [9.17, 15) is 14.4 Å². The number of nitrogens with two attached hydrogens (primary N) is 1. The zero-order valence-corrected chi connectivity index (χ0v) is 24.4. The van der Waals surface area contributed by atoms with Crippen molar-refractivity contribution >= 4 is 36.1 Å². The van der Waals surface area contributed by atoms with Crippen LogP contribution in [0, 0.1) is 5.92 Å². The zero-order chi connectivity index (χ0) is 28.1. The Morgan fingerprint density at radius 1 is 1.23 bits per heavy atom. The summed E-state index contributed by atoms with van der Waals surface area (Å²) in [6.45, 7) is 11.6. The van der Waals surface area contributed by atoms with E-state index >= 15 is 0 Å². The fraction of sp³-hybridized carbons (Fsp3) is 0.467. The summed E-state index contributed by atoms with van der Waals surface area (Å²) in [6.07, 6.45) is 0.671. The molecule has 0 saturated heterocycles. The molecule has 5 rings (SSSR count). The molecule has 8 nitrogen and oxygen atoms in total. The van der Waals surface area contributed by atoms with Gasteiger partial charge >= 0.3 is 11.9 Å². The molecule has 0 bridgehead atoms. The summed E-state index contributed by atoms with van der Waals surface area (Å²) >= 11 is 0. The first-order valence-electron chi connectivity index (χ1n) is 13.8. The summed E-state index contributed by atoms with van der Waals surface area (Å²) in [4.78, 5) is 44.9. The molecule has 0 saturated carbocycles. The summed E-state index contributed by atoms with van der Waals surface area (Å²) in [5, 5.41) is 2.48. The molecule has 1 aromatic carbocycles. The van der Waals surface area contributed by atoms with E-state index in [1.807, 2.05) is 24.3 Å². The Bertz CT molecular complexity index is 1540. The van der Waals surface area contributed by atoms with Gasteiger partial charge in [-0.15, -0.1) is 0 Å². The number of hydrogen-bond acceptors (Lipinski definition) is 7. The van der Waals surface area contributed by atoms with Crippen molar-refractivity contribution in [3.63, 3.8) is 0 Å². The first kappa shape index (κ1) is 27.3. The second kappa shape index (κ2) is 10.0. The smallest absolute Gasteiger partial charge is 0.355 e. The zero-order valence-electron chi connectivity index (χ0n) is 23.4. The van der Waals surface area contributed by atoms with Crippen LogP contribution in [0.25, 0.3) is 22.3 Å². The molecule has 2 aliphatic rings. The van der Waals surface area contributed by atoms with Gasteiger partial charge in [0.25, 0.3) is 5.56 Å². The van der Waals surface area contributed by atoms with Crippen molar-refractivity contribution in [3.8, 4) is 11.4 Å². The lowest BCUT2D eigenvalue weighted by Gasteiger charge is -2.35. The lowest BCUT2D eigenvalue weighted by atomic mass is 9.85. The van der Waals surface area contributed by atoms with Gasteiger partial charge in [-0.3, -0.25) is 9.59 Å². The highest BCUT2D eigenvalue weighted by atomic mass is 28.3. The molecule has 2 aromatic heterocycles. The topological polar surface area (TPSA) is 114 Å². The van der Waals surface area contributed by atoms with Crippen LogP contribution in [-0.2, 0) is 37.8 Å². The van der Waals surface area contributed by atoms with Gasteiger partial charge < -0.3 is 19.8 Å². The number of rotatable bonds is 8. The molecular weight excluding hydrogens is 510 g/mol. The van der Waals surface area contributed by atoms with E-state index in [-0.39, 0.29) is 25.0 Å². The van der Waals surface area contributed by atoms with Gasteiger partial charge in [0, 0.05) is 12.0 Å². The third-order valence-electron chi connectivity index (χ3n) is 8.03. The fourth-order valence-corrected chi connectivity index (χ4v) is 10.8. The molecule has 4 heterocycles. The van der Waals surface area contributed by atoms with Gasteiger partial charge in [0.15, 0.2) is 0 Å². The number of cyclic esters (lactones) is 1. The molecule has 1 atom stereocenters. The summed E-state index contributed by atoms with van der Waals surface area (Å²) < 4.78 is 13.0. The van der Waals surface area contributed by atoms with Crippen LogP contribution >= 0.6 is 0 Å². The lowest BCUT2D eigenvalue weighted by Crippen LogP contribution is -2.47. The molecule has 206 valence electrons. The number of carbonyl (C=O) groups is 2. The van der Waals surface area contributed by atoms with Crippen LogP contribution in [0.3, 0.4) is 0 Å². The summed E-state index contributed by atoms with van der Waals surface area (Å²) in [5.41, 5.74) is 7.81. The van der Waals surface area contributed by atoms with Crippen LogP contribution in [0.1, 0.15) is 56.7 Å². The standard InChI is InChI=1S/C30H37N3O5Si/c1-6-30(38-25(34)12-9-13-31)22-14-24-26-20(15-33(24)28(35)21(22)16-37-29(30)36)27(39(4,5)17-18(2)3)19-10-7-8-11-23(19)32-26/h7-8,10-11,14,18H,6,9,12-13,15-17,31H2,1-5H3. The van der Waals surface area contributed by atoms with Crippen molar-refractivity contribution in [3.05, 3.63) is 57.4 Å². The van der Waals surface area contributed by atoms with E-state index < -0.39 is 25.6 Å². The second-order valence-electron chi connectivity index (χ2n) is 11.7. The summed E-state index contributed by atoms with van der Waals surface area (Å²) in [7, 11) is -1.95. The van der Waals surface area contributed by atoms with E-state index in [1.165, 1.54) is 5.19 Å². The average Bonchev–Trinajstić information content (AvgIpc) is 3.25. The van der Waals surface area contributed by atoms with Crippen molar-refractivity contribution in [1.82, 2.24) is 9.55 Å². The second-order valence-corrected chi connectivity index (χ2v) is 16.4. The van der Waals surface area contributed by atoms with Crippen LogP contribution in [-0.4, -0.2) is 36.1 Å². The number of pyridine rings is 2. The number of ether oxygens (including phenoxy) is 2. The molecule has 0 aliphatic carbocycles. The Kier molecular flexibility index (Phi) is 7.01. The molecule has 3 aromatic rings. The van der Waals surface area contributed by atoms with Crippen LogP contribution in [0.15, 0.2) is 35.1 Å². The molecule has 0 spiro atoms. The number of fused-ring (bicyclic) bond motifs is 5. The highest BCUT2D eigenvalue weighted by Crippen LogP contribution is 2.41.